The van der Waals surface area contributed by atoms with Crippen molar-refractivity contribution in [2.24, 2.45) is 5.73 Å². The third-order valence-electron chi connectivity index (χ3n) is 2.02. The lowest BCUT2D eigenvalue weighted by atomic mass is 10.1. The van der Waals surface area contributed by atoms with Gasteiger partial charge in [0.25, 0.3) is 0 Å². The molecule has 0 aliphatic heterocycles. The second kappa shape index (κ2) is 4.83. The first-order valence-corrected chi connectivity index (χ1v) is 4.33. The Hall–Kier alpha value is -1.26. The highest BCUT2D eigenvalue weighted by Gasteiger charge is 2.12. The lowest BCUT2D eigenvalue weighted by Crippen LogP contribution is -2.12. The number of aliphatic hydroxyl groups excluding tert-OH is 1. The van der Waals surface area contributed by atoms with Crippen molar-refractivity contribution in [1.82, 2.24) is 0 Å². The summed E-state index contributed by atoms with van der Waals surface area (Å²) in [7, 11) is 3.12. The molecule has 0 saturated heterocycles. The van der Waals surface area contributed by atoms with Crippen LogP contribution in [0.5, 0.6) is 11.5 Å². The first-order valence-electron chi connectivity index (χ1n) is 4.33. The summed E-state index contributed by atoms with van der Waals surface area (Å²) < 4.78 is 10.1. The van der Waals surface area contributed by atoms with Crippen LogP contribution in [0, 0.1) is 0 Å². The highest BCUT2D eigenvalue weighted by atomic mass is 16.5. The van der Waals surface area contributed by atoms with Gasteiger partial charge in [0.1, 0.15) is 11.5 Å². The van der Waals surface area contributed by atoms with Gasteiger partial charge in [-0.05, 0) is 18.2 Å². The van der Waals surface area contributed by atoms with Gasteiger partial charge < -0.3 is 20.3 Å². The number of ether oxygens (including phenoxy) is 2. The third kappa shape index (κ3) is 2.16. The standard InChI is InChI=1S/C10H15NO3/c1-13-7-3-4-10(14-2)8(5-7)9(12)6-11/h3-5,9,12H,6,11H2,1-2H3/t9-/m1/s1. The van der Waals surface area contributed by atoms with Gasteiger partial charge >= 0.3 is 0 Å². The molecule has 0 radical (unpaired) electrons. The molecule has 0 amide bonds. The maximum atomic E-state index is 9.60. The van der Waals surface area contributed by atoms with Crippen LogP contribution in [0.25, 0.3) is 0 Å². The van der Waals surface area contributed by atoms with E-state index in [2.05, 4.69) is 0 Å². The highest BCUT2D eigenvalue weighted by Crippen LogP contribution is 2.28. The van der Waals surface area contributed by atoms with Crippen LogP contribution in [-0.2, 0) is 0 Å². The van der Waals surface area contributed by atoms with E-state index in [0.717, 1.165) is 0 Å². The molecule has 0 saturated carbocycles. The maximum Gasteiger partial charge on any atom is 0.124 e. The summed E-state index contributed by atoms with van der Waals surface area (Å²) in [4.78, 5) is 0. The molecule has 78 valence electrons. The van der Waals surface area contributed by atoms with Gasteiger partial charge in [-0.1, -0.05) is 0 Å². The quantitative estimate of drug-likeness (QED) is 0.745. The predicted molar refractivity (Wildman–Crippen MR) is 53.6 cm³/mol. The van der Waals surface area contributed by atoms with Crippen LogP contribution >= 0.6 is 0 Å². The molecular formula is C10H15NO3. The van der Waals surface area contributed by atoms with Crippen molar-refractivity contribution < 1.29 is 14.6 Å². The molecule has 14 heavy (non-hydrogen) atoms. The minimum absolute atomic E-state index is 0.156. The van der Waals surface area contributed by atoms with E-state index in [1.54, 1.807) is 32.4 Å². The Kier molecular flexibility index (Phi) is 3.73. The first kappa shape index (κ1) is 10.8. The Morgan fingerprint density at radius 3 is 2.57 bits per heavy atom. The van der Waals surface area contributed by atoms with Crippen LogP contribution < -0.4 is 15.2 Å². The monoisotopic (exact) mass is 197 g/mol. The molecule has 0 spiro atoms. The van der Waals surface area contributed by atoms with Gasteiger partial charge in [0.2, 0.25) is 0 Å². The van der Waals surface area contributed by atoms with Crippen LogP contribution in [0.15, 0.2) is 18.2 Å². The summed E-state index contributed by atoms with van der Waals surface area (Å²) in [5, 5.41) is 9.60. The van der Waals surface area contributed by atoms with E-state index in [1.165, 1.54) is 0 Å². The van der Waals surface area contributed by atoms with Crippen molar-refractivity contribution in [2.45, 2.75) is 6.10 Å². The van der Waals surface area contributed by atoms with E-state index >= 15 is 0 Å². The molecule has 0 aliphatic rings. The van der Waals surface area contributed by atoms with Crippen molar-refractivity contribution in [3.63, 3.8) is 0 Å². The van der Waals surface area contributed by atoms with E-state index in [1.807, 2.05) is 0 Å². The van der Waals surface area contributed by atoms with E-state index in [0.29, 0.717) is 17.1 Å². The number of hydrogen-bond acceptors (Lipinski definition) is 4. The Bertz CT molecular complexity index is 301. The molecule has 1 aromatic rings. The number of methoxy groups -OCH3 is 2. The summed E-state index contributed by atoms with van der Waals surface area (Å²) in [6.45, 7) is 0.156. The minimum Gasteiger partial charge on any atom is -0.497 e. The molecule has 4 nitrogen and oxygen atoms in total. The lowest BCUT2D eigenvalue weighted by Gasteiger charge is -2.14. The summed E-state index contributed by atoms with van der Waals surface area (Å²) in [6, 6.07) is 5.23. The van der Waals surface area contributed by atoms with Crippen LogP contribution in [-0.4, -0.2) is 25.9 Å². The minimum atomic E-state index is -0.722. The zero-order chi connectivity index (χ0) is 10.6. The molecule has 1 aromatic carbocycles. The van der Waals surface area contributed by atoms with Gasteiger partial charge in [0, 0.05) is 12.1 Å². The van der Waals surface area contributed by atoms with Gasteiger partial charge in [-0.15, -0.1) is 0 Å². The largest absolute Gasteiger partial charge is 0.497 e. The third-order valence-corrected chi connectivity index (χ3v) is 2.02. The van der Waals surface area contributed by atoms with Crippen molar-refractivity contribution in [1.29, 1.82) is 0 Å². The van der Waals surface area contributed by atoms with Crippen LogP contribution in [0.1, 0.15) is 11.7 Å². The second-order valence-corrected chi connectivity index (χ2v) is 2.86. The summed E-state index contributed by atoms with van der Waals surface area (Å²) in [6.07, 6.45) is -0.722. The fourth-order valence-electron chi connectivity index (χ4n) is 1.23. The number of rotatable bonds is 4. The summed E-state index contributed by atoms with van der Waals surface area (Å²) >= 11 is 0. The molecule has 0 bridgehead atoms. The van der Waals surface area contributed by atoms with Crippen molar-refractivity contribution in [3.05, 3.63) is 23.8 Å². The number of benzene rings is 1. The van der Waals surface area contributed by atoms with E-state index < -0.39 is 6.10 Å². The summed E-state index contributed by atoms with van der Waals surface area (Å²) in [5.41, 5.74) is 6.02. The van der Waals surface area contributed by atoms with Crippen LogP contribution in [0.4, 0.5) is 0 Å². The molecule has 0 aliphatic carbocycles. The van der Waals surface area contributed by atoms with Gasteiger partial charge in [-0.25, -0.2) is 0 Å². The molecule has 1 rings (SSSR count). The fourth-order valence-corrected chi connectivity index (χ4v) is 1.23. The van der Waals surface area contributed by atoms with Crippen molar-refractivity contribution in [2.75, 3.05) is 20.8 Å². The van der Waals surface area contributed by atoms with E-state index in [-0.39, 0.29) is 6.54 Å². The Morgan fingerprint density at radius 1 is 1.36 bits per heavy atom. The second-order valence-electron chi connectivity index (χ2n) is 2.86. The fraction of sp³-hybridized carbons (Fsp3) is 0.400. The molecular weight excluding hydrogens is 182 g/mol. The molecule has 0 aromatic heterocycles. The number of nitrogens with two attached hydrogens (primary N) is 1. The number of aliphatic hydroxyl groups is 1. The smallest absolute Gasteiger partial charge is 0.124 e. The summed E-state index contributed by atoms with van der Waals surface area (Å²) in [5.74, 6) is 1.29. The average Bonchev–Trinajstić information content (AvgIpc) is 2.27. The molecule has 3 N–H and O–H groups in total. The van der Waals surface area contributed by atoms with Gasteiger partial charge in [0.15, 0.2) is 0 Å². The Labute approximate surface area is 83.3 Å². The van der Waals surface area contributed by atoms with Gasteiger partial charge in [0.05, 0.1) is 20.3 Å². The topological polar surface area (TPSA) is 64.7 Å². The average molecular weight is 197 g/mol. The van der Waals surface area contributed by atoms with Crippen molar-refractivity contribution >= 4 is 0 Å². The Balaban J connectivity index is 3.08. The number of hydrogen-bond donors (Lipinski definition) is 2. The van der Waals surface area contributed by atoms with E-state index in [9.17, 15) is 5.11 Å². The maximum absolute atomic E-state index is 9.60. The Morgan fingerprint density at radius 2 is 2.07 bits per heavy atom. The molecule has 4 heteroatoms. The zero-order valence-corrected chi connectivity index (χ0v) is 8.36. The van der Waals surface area contributed by atoms with E-state index in [4.69, 9.17) is 15.2 Å². The van der Waals surface area contributed by atoms with Gasteiger partial charge in [-0.3, -0.25) is 0 Å². The highest BCUT2D eigenvalue weighted by molar-refractivity contribution is 5.41. The van der Waals surface area contributed by atoms with Crippen LogP contribution in [0.2, 0.25) is 0 Å². The van der Waals surface area contributed by atoms with Gasteiger partial charge in [-0.2, -0.15) is 0 Å². The molecule has 1 atom stereocenters. The SMILES string of the molecule is COc1ccc(OC)c([C@H](O)CN)c1. The molecule has 0 fully saturated rings. The van der Waals surface area contributed by atoms with Crippen molar-refractivity contribution in [3.8, 4) is 11.5 Å². The molecule has 0 unspecified atom stereocenters. The lowest BCUT2D eigenvalue weighted by molar-refractivity contribution is 0.181. The predicted octanol–water partition coefficient (Wildman–Crippen LogP) is 0.696. The van der Waals surface area contributed by atoms with Crippen LogP contribution in [0.3, 0.4) is 0 Å². The normalized spacial score (nSPS) is 12.3. The molecule has 0 heterocycles. The zero-order valence-electron chi connectivity index (χ0n) is 8.36. The first-order chi connectivity index (χ1) is 6.72.